The number of nitrogens with zero attached hydrogens (tertiary/aromatic N) is 1. The molecule has 12 rings (SSSR count). The van der Waals surface area contributed by atoms with Crippen LogP contribution in [0.5, 0.6) is 0 Å². The lowest BCUT2D eigenvalue weighted by Gasteiger charge is -2.44. The normalized spacial score (nSPS) is 16.7. The van der Waals surface area contributed by atoms with E-state index in [-0.39, 0.29) is 5.41 Å². The zero-order valence-electron chi connectivity index (χ0n) is 29.7. The average molecular weight is 674 g/mol. The van der Waals surface area contributed by atoms with Crippen LogP contribution in [-0.4, -0.2) is 0 Å². The fraction of sp³-hybridized carbons (Fsp3) is 0.0769. The van der Waals surface area contributed by atoms with Gasteiger partial charge in [0, 0.05) is 11.0 Å². The summed E-state index contributed by atoms with van der Waals surface area (Å²) >= 11 is 0. The Morgan fingerprint density at radius 1 is 0.453 bits per heavy atom. The second kappa shape index (κ2) is 10.1. The van der Waals surface area contributed by atoms with Crippen LogP contribution in [0.4, 0.5) is 11.4 Å². The van der Waals surface area contributed by atoms with Crippen LogP contribution >= 0.6 is 0 Å². The SMILES string of the molecule is CC1(C)c2ccccc2N(C2=C3C=c4cc5c6ccccc6c6ccccc6c5cc4=C3C3(C=C2)c2ccccc2-c2ccccc23)c2ccccc21. The fourth-order valence-electron chi connectivity index (χ4n) is 10.5. The van der Waals surface area contributed by atoms with E-state index in [1.54, 1.807) is 0 Å². The Morgan fingerprint density at radius 3 is 1.47 bits per heavy atom. The van der Waals surface area contributed by atoms with Crippen molar-refractivity contribution in [3.8, 4) is 11.1 Å². The molecule has 0 atom stereocenters. The van der Waals surface area contributed by atoms with Crippen LogP contribution in [0, 0.1) is 0 Å². The molecular weight excluding hydrogens is 639 g/mol. The van der Waals surface area contributed by atoms with Gasteiger partial charge in [-0.25, -0.2) is 0 Å². The van der Waals surface area contributed by atoms with Crippen molar-refractivity contribution in [1.29, 1.82) is 0 Å². The van der Waals surface area contributed by atoms with E-state index >= 15 is 0 Å². The number of allylic oxidation sites excluding steroid dienone is 3. The van der Waals surface area contributed by atoms with Crippen molar-refractivity contribution in [3.05, 3.63) is 214 Å². The standard InChI is InChI=1S/C52H35N/c1-51(2)45-23-11-13-25-48(45)53(49-26-14-12-24-46(49)51)47-27-28-52(43-21-9-7-19-37(43)38-20-8-10-22-44(38)52)50-39-31-41-36-18-6-4-16-34(36)33-15-3-5-17-35(33)40(41)29-32(39)30-42(47)50/h3-31H,1-2H3. The number of para-hydroxylation sites is 2. The van der Waals surface area contributed by atoms with Crippen LogP contribution in [-0.2, 0) is 10.8 Å². The lowest BCUT2D eigenvalue weighted by Crippen LogP contribution is -2.37. The highest BCUT2D eigenvalue weighted by Gasteiger charge is 2.49. The summed E-state index contributed by atoms with van der Waals surface area (Å²) in [6, 6.07) is 59.1. The lowest BCUT2D eigenvalue weighted by atomic mass is 9.66. The van der Waals surface area contributed by atoms with Gasteiger partial charge >= 0.3 is 0 Å². The van der Waals surface area contributed by atoms with Crippen LogP contribution in [0.2, 0.25) is 0 Å². The minimum absolute atomic E-state index is 0.132. The van der Waals surface area contributed by atoms with Gasteiger partial charge < -0.3 is 4.90 Å². The largest absolute Gasteiger partial charge is 0.309 e. The van der Waals surface area contributed by atoms with Gasteiger partial charge in [0.2, 0.25) is 0 Å². The topological polar surface area (TPSA) is 3.24 Å². The lowest BCUT2D eigenvalue weighted by molar-refractivity contribution is 0.630. The molecule has 0 saturated carbocycles. The summed E-state index contributed by atoms with van der Waals surface area (Å²) in [6.07, 6.45) is 7.47. The number of rotatable bonds is 1. The van der Waals surface area contributed by atoms with E-state index in [0.717, 1.165) is 0 Å². The van der Waals surface area contributed by atoms with Gasteiger partial charge in [-0.1, -0.05) is 153 Å². The second-order valence-corrected chi connectivity index (χ2v) is 15.6. The van der Waals surface area contributed by atoms with E-state index in [4.69, 9.17) is 0 Å². The molecule has 4 aliphatic rings. The summed E-state index contributed by atoms with van der Waals surface area (Å²) < 4.78 is 0. The first-order valence-electron chi connectivity index (χ1n) is 18.8. The predicted octanol–water partition coefficient (Wildman–Crippen LogP) is 11.4. The number of benzene rings is 8. The second-order valence-electron chi connectivity index (χ2n) is 15.6. The minimum atomic E-state index is -0.442. The molecule has 1 nitrogen and oxygen atoms in total. The van der Waals surface area contributed by atoms with E-state index < -0.39 is 5.41 Å². The molecule has 0 fully saturated rings. The van der Waals surface area contributed by atoms with Gasteiger partial charge in [-0.05, 0) is 118 Å². The predicted molar refractivity (Wildman–Crippen MR) is 222 cm³/mol. The van der Waals surface area contributed by atoms with Crippen molar-refractivity contribution in [2.75, 3.05) is 4.90 Å². The Hall–Kier alpha value is -6.44. The van der Waals surface area contributed by atoms with Crippen molar-refractivity contribution < 1.29 is 0 Å². The maximum absolute atomic E-state index is 2.55. The van der Waals surface area contributed by atoms with Crippen LogP contribution in [0.15, 0.2) is 181 Å². The Labute approximate surface area is 308 Å². The molecule has 248 valence electrons. The summed E-state index contributed by atoms with van der Waals surface area (Å²) in [5.74, 6) is 0. The third kappa shape index (κ3) is 3.57. The Morgan fingerprint density at radius 2 is 0.906 bits per heavy atom. The first kappa shape index (κ1) is 29.2. The fourth-order valence-corrected chi connectivity index (χ4v) is 10.5. The molecule has 0 radical (unpaired) electrons. The van der Waals surface area contributed by atoms with Crippen LogP contribution in [0.3, 0.4) is 0 Å². The van der Waals surface area contributed by atoms with Gasteiger partial charge in [-0.3, -0.25) is 0 Å². The van der Waals surface area contributed by atoms with Crippen LogP contribution in [0.1, 0.15) is 36.1 Å². The Kier molecular flexibility index (Phi) is 5.57. The van der Waals surface area contributed by atoms with Gasteiger partial charge in [-0.2, -0.15) is 0 Å². The number of hydrogen-bond acceptors (Lipinski definition) is 1. The summed E-state index contributed by atoms with van der Waals surface area (Å²) in [4.78, 5) is 2.55. The molecule has 1 heterocycles. The third-order valence-corrected chi connectivity index (χ3v) is 12.8. The number of fused-ring (bicyclic) bond motifs is 16. The molecule has 0 saturated heterocycles. The van der Waals surface area contributed by atoms with E-state index in [0.29, 0.717) is 0 Å². The molecule has 1 aliphatic heterocycles. The Balaban J connectivity index is 1.27. The van der Waals surface area contributed by atoms with Crippen LogP contribution < -0.4 is 15.3 Å². The molecule has 0 amide bonds. The molecule has 8 aromatic rings. The van der Waals surface area contributed by atoms with Gasteiger partial charge in [0.15, 0.2) is 0 Å². The van der Waals surface area contributed by atoms with Crippen molar-refractivity contribution in [2.24, 2.45) is 0 Å². The Bertz CT molecular complexity index is 3060. The van der Waals surface area contributed by atoms with Gasteiger partial charge in [0.1, 0.15) is 0 Å². The first-order chi connectivity index (χ1) is 26.1. The average Bonchev–Trinajstić information content (AvgIpc) is 3.72. The van der Waals surface area contributed by atoms with E-state index in [1.165, 1.54) is 104 Å². The van der Waals surface area contributed by atoms with Gasteiger partial charge in [0.25, 0.3) is 0 Å². The molecule has 1 heteroatoms. The highest BCUT2D eigenvalue weighted by Crippen LogP contribution is 2.60. The molecule has 0 N–H and O–H groups in total. The molecule has 1 spiro atoms. The maximum Gasteiger partial charge on any atom is 0.0660 e. The molecule has 0 aromatic heterocycles. The molecule has 8 aromatic carbocycles. The zero-order chi connectivity index (χ0) is 35.1. The summed E-state index contributed by atoms with van der Waals surface area (Å²) in [6.45, 7) is 4.74. The molecule has 0 unspecified atom stereocenters. The van der Waals surface area contributed by atoms with Crippen LogP contribution in [0.25, 0.3) is 55.1 Å². The third-order valence-electron chi connectivity index (χ3n) is 12.8. The minimum Gasteiger partial charge on any atom is -0.309 e. The molecule has 3 aliphatic carbocycles. The summed E-state index contributed by atoms with van der Waals surface area (Å²) in [7, 11) is 0. The molecule has 0 bridgehead atoms. The smallest absolute Gasteiger partial charge is 0.0660 e. The zero-order valence-corrected chi connectivity index (χ0v) is 29.7. The van der Waals surface area contributed by atoms with E-state index in [9.17, 15) is 0 Å². The number of hydrogen-bond donors (Lipinski definition) is 0. The number of anilines is 2. The molecular formula is C52H35N. The monoisotopic (exact) mass is 673 g/mol. The van der Waals surface area contributed by atoms with Crippen molar-refractivity contribution >= 4 is 55.3 Å². The molecule has 53 heavy (non-hydrogen) atoms. The van der Waals surface area contributed by atoms with Gasteiger partial charge in [-0.15, -0.1) is 0 Å². The quantitative estimate of drug-likeness (QED) is 0.157. The summed E-state index contributed by atoms with van der Waals surface area (Å²) in [5, 5.41) is 10.4. The van der Waals surface area contributed by atoms with Crippen molar-refractivity contribution in [1.82, 2.24) is 0 Å². The van der Waals surface area contributed by atoms with E-state index in [1.807, 2.05) is 0 Å². The highest BCUT2D eigenvalue weighted by atomic mass is 15.2. The van der Waals surface area contributed by atoms with Crippen molar-refractivity contribution in [2.45, 2.75) is 24.7 Å². The first-order valence-corrected chi connectivity index (χ1v) is 18.8. The maximum atomic E-state index is 2.55. The van der Waals surface area contributed by atoms with Crippen molar-refractivity contribution in [3.63, 3.8) is 0 Å². The van der Waals surface area contributed by atoms with E-state index in [2.05, 4.69) is 195 Å². The highest BCUT2D eigenvalue weighted by molar-refractivity contribution is 6.25. The van der Waals surface area contributed by atoms with Gasteiger partial charge in [0.05, 0.1) is 22.5 Å². The summed E-state index contributed by atoms with van der Waals surface area (Å²) in [5.41, 5.74) is 13.9.